The van der Waals surface area contributed by atoms with Gasteiger partial charge in [-0.05, 0) is 30.0 Å². The van der Waals surface area contributed by atoms with Crippen molar-refractivity contribution in [3.05, 3.63) is 33.3 Å². The van der Waals surface area contributed by atoms with E-state index >= 15 is 0 Å². The molecule has 0 aliphatic carbocycles. The zero-order valence-electron chi connectivity index (χ0n) is 11.1. The van der Waals surface area contributed by atoms with Gasteiger partial charge in [0.1, 0.15) is 0 Å². The van der Waals surface area contributed by atoms with E-state index in [0.29, 0.717) is 23.7 Å². The lowest BCUT2D eigenvalue weighted by Gasteiger charge is -2.42. The number of hydrogen-bond donors (Lipinski definition) is 1. The maximum absolute atomic E-state index is 12.5. The third-order valence-corrected chi connectivity index (χ3v) is 4.58. The molecule has 1 aliphatic rings. The lowest BCUT2D eigenvalue weighted by molar-refractivity contribution is 0.0533. The van der Waals surface area contributed by atoms with Crippen molar-refractivity contribution in [2.24, 2.45) is 11.1 Å². The first-order valence-electron chi connectivity index (χ1n) is 6.31. The highest BCUT2D eigenvalue weighted by Gasteiger charge is 2.35. The average molecular weight is 346 g/mol. The summed E-state index contributed by atoms with van der Waals surface area (Å²) in [6.45, 7) is 5.54. The Morgan fingerprint density at radius 3 is 2.84 bits per heavy atom. The molecule has 1 atom stereocenters. The van der Waals surface area contributed by atoms with E-state index < -0.39 is 0 Å². The molecular formula is C14H18BrClN2O. The Morgan fingerprint density at radius 1 is 1.53 bits per heavy atom. The molecule has 1 unspecified atom stereocenters. The van der Waals surface area contributed by atoms with Crippen LogP contribution in [0.1, 0.15) is 30.6 Å². The van der Waals surface area contributed by atoms with Crippen LogP contribution in [0.2, 0.25) is 5.02 Å². The van der Waals surface area contributed by atoms with Crippen molar-refractivity contribution in [1.82, 2.24) is 4.90 Å². The lowest BCUT2D eigenvalue weighted by Crippen LogP contribution is -2.54. The highest BCUT2D eigenvalue weighted by molar-refractivity contribution is 9.10. The molecule has 0 radical (unpaired) electrons. The number of likely N-dealkylation sites (tertiary alicyclic amines) is 1. The molecule has 19 heavy (non-hydrogen) atoms. The Balaban J connectivity index is 2.23. The molecule has 0 aromatic heterocycles. The molecule has 3 nitrogen and oxygen atoms in total. The van der Waals surface area contributed by atoms with Gasteiger partial charge in [-0.25, -0.2) is 0 Å². The van der Waals surface area contributed by atoms with Crippen LogP contribution in [0.25, 0.3) is 0 Å². The normalized spacial score (nSPS) is 22.4. The molecule has 0 saturated carbocycles. The SMILES string of the molecule is CC1(C)CN(C(=O)c2cc(Br)ccc2Cl)CCC1N. The van der Waals surface area contributed by atoms with E-state index in [1.807, 2.05) is 11.0 Å². The van der Waals surface area contributed by atoms with Gasteiger partial charge in [-0.15, -0.1) is 0 Å². The summed E-state index contributed by atoms with van der Waals surface area (Å²) in [5, 5.41) is 0.487. The number of nitrogens with two attached hydrogens (primary N) is 1. The van der Waals surface area contributed by atoms with Crippen LogP contribution in [-0.2, 0) is 0 Å². The summed E-state index contributed by atoms with van der Waals surface area (Å²) in [5.74, 6) is -0.0220. The first-order valence-corrected chi connectivity index (χ1v) is 7.48. The van der Waals surface area contributed by atoms with Crippen LogP contribution in [0.5, 0.6) is 0 Å². The van der Waals surface area contributed by atoms with E-state index in [0.717, 1.165) is 10.9 Å². The average Bonchev–Trinajstić information content (AvgIpc) is 2.35. The zero-order valence-corrected chi connectivity index (χ0v) is 13.5. The van der Waals surface area contributed by atoms with Gasteiger partial charge < -0.3 is 10.6 Å². The number of carbonyl (C=O) groups is 1. The molecule has 1 heterocycles. The number of benzene rings is 1. The van der Waals surface area contributed by atoms with Crippen LogP contribution in [0, 0.1) is 5.41 Å². The molecule has 2 N–H and O–H groups in total. The highest BCUT2D eigenvalue weighted by atomic mass is 79.9. The largest absolute Gasteiger partial charge is 0.338 e. The number of nitrogens with zero attached hydrogens (tertiary/aromatic N) is 1. The number of amides is 1. The zero-order chi connectivity index (χ0) is 14.2. The van der Waals surface area contributed by atoms with Crippen LogP contribution < -0.4 is 5.73 Å². The van der Waals surface area contributed by atoms with E-state index in [9.17, 15) is 4.79 Å². The van der Waals surface area contributed by atoms with Crippen molar-refractivity contribution in [2.75, 3.05) is 13.1 Å². The minimum absolute atomic E-state index is 0.0220. The summed E-state index contributed by atoms with van der Waals surface area (Å²) in [4.78, 5) is 14.4. The van der Waals surface area contributed by atoms with Crippen molar-refractivity contribution in [3.63, 3.8) is 0 Å². The maximum atomic E-state index is 12.5. The molecule has 104 valence electrons. The second-order valence-corrected chi connectivity index (χ2v) is 7.06. The summed E-state index contributed by atoms with van der Waals surface area (Å²) in [6, 6.07) is 5.47. The molecule has 1 saturated heterocycles. The Hall–Kier alpha value is -0.580. The minimum atomic E-state index is -0.0631. The number of halogens is 2. The highest BCUT2D eigenvalue weighted by Crippen LogP contribution is 2.30. The predicted molar refractivity (Wildman–Crippen MR) is 81.4 cm³/mol. The molecule has 0 bridgehead atoms. The number of hydrogen-bond acceptors (Lipinski definition) is 2. The first kappa shape index (κ1) is 14.8. The molecule has 1 aromatic carbocycles. The van der Waals surface area contributed by atoms with Gasteiger partial charge in [0.25, 0.3) is 5.91 Å². The molecular weight excluding hydrogens is 328 g/mol. The fourth-order valence-electron chi connectivity index (χ4n) is 2.38. The monoisotopic (exact) mass is 344 g/mol. The second kappa shape index (κ2) is 5.43. The maximum Gasteiger partial charge on any atom is 0.255 e. The van der Waals surface area contributed by atoms with Crippen molar-refractivity contribution >= 4 is 33.4 Å². The number of piperidine rings is 1. The Labute approximate surface area is 127 Å². The molecule has 1 aliphatic heterocycles. The lowest BCUT2D eigenvalue weighted by atomic mass is 9.79. The molecule has 1 aromatic rings. The van der Waals surface area contributed by atoms with Crippen LogP contribution in [0.4, 0.5) is 0 Å². The molecule has 0 spiro atoms. The Kier molecular flexibility index (Phi) is 4.23. The second-order valence-electron chi connectivity index (χ2n) is 5.73. The van der Waals surface area contributed by atoms with E-state index in [2.05, 4.69) is 29.8 Å². The molecule has 1 fully saturated rings. The van der Waals surface area contributed by atoms with Crippen LogP contribution in [-0.4, -0.2) is 29.9 Å². The van der Waals surface area contributed by atoms with Gasteiger partial charge in [-0.1, -0.05) is 41.4 Å². The van der Waals surface area contributed by atoms with Crippen molar-refractivity contribution in [1.29, 1.82) is 0 Å². The summed E-state index contributed by atoms with van der Waals surface area (Å²) < 4.78 is 0.855. The van der Waals surface area contributed by atoms with Gasteiger partial charge >= 0.3 is 0 Å². The summed E-state index contributed by atoms with van der Waals surface area (Å²) in [5.41, 5.74) is 6.58. The third kappa shape index (κ3) is 3.12. The predicted octanol–water partition coefficient (Wildman–Crippen LogP) is 3.30. The van der Waals surface area contributed by atoms with E-state index in [1.54, 1.807) is 12.1 Å². The van der Waals surface area contributed by atoms with Crippen LogP contribution in [0.3, 0.4) is 0 Å². The summed E-state index contributed by atoms with van der Waals surface area (Å²) in [7, 11) is 0. The Bertz CT molecular complexity index is 504. The topological polar surface area (TPSA) is 46.3 Å². The standard InChI is InChI=1S/C14H18BrClN2O/c1-14(2)8-18(6-5-12(14)17)13(19)10-7-9(15)3-4-11(10)16/h3-4,7,12H,5-6,8,17H2,1-2H3. The third-order valence-electron chi connectivity index (χ3n) is 3.76. The number of rotatable bonds is 1. The van der Waals surface area contributed by atoms with Crippen molar-refractivity contribution in [2.45, 2.75) is 26.3 Å². The quantitative estimate of drug-likeness (QED) is 0.849. The Morgan fingerprint density at radius 2 is 2.21 bits per heavy atom. The smallest absolute Gasteiger partial charge is 0.255 e. The van der Waals surface area contributed by atoms with E-state index in [4.69, 9.17) is 17.3 Å². The first-order chi connectivity index (χ1) is 8.81. The van der Waals surface area contributed by atoms with Crippen LogP contribution >= 0.6 is 27.5 Å². The van der Waals surface area contributed by atoms with Gasteiger partial charge in [0.2, 0.25) is 0 Å². The van der Waals surface area contributed by atoms with Gasteiger partial charge in [0.05, 0.1) is 10.6 Å². The summed E-state index contributed by atoms with van der Waals surface area (Å²) in [6.07, 6.45) is 0.824. The van der Waals surface area contributed by atoms with E-state index in [1.165, 1.54) is 0 Å². The van der Waals surface area contributed by atoms with Gasteiger partial charge in [-0.3, -0.25) is 4.79 Å². The molecule has 5 heteroatoms. The van der Waals surface area contributed by atoms with Crippen molar-refractivity contribution in [3.8, 4) is 0 Å². The van der Waals surface area contributed by atoms with Crippen LogP contribution in [0.15, 0.2) is 22.7 Å². The van der Waals surface area contributed by atoms with Gasteiger partial charge in [0, 0.05) is 23.6 Å². The number of carbonyl (C=O) groups excluding carboxylic acids is 1. The molecule has 1 amide bonds. The summed E-state index contributed by atoms with van der Waals surface area (Å²) >= 11 is 9.49. The van der Waals surface area contributed by atoms with Crippen molar-refractivity contribution < 1.29 is 4.79 Å². The fourth-order valence-corrected chi connectivity index (χ4v) is 2.94. The van der Waals surface area contributed by atoms with Gasteiger partial charge in [0.15, 0.2) is 0 Å². The minimum Gasteiger partial charge on any atom is -0.338 e. The van der Waals surface area contributed by atoms with Gasteiger partial charge in [-0.2, -0.15) is 0 Å². The molecule has 2 rings (SSSR count). The fraction of sp³-hybridized carbons (Fsp3) is 0.500. The van der Waals surface area contributed by atoms with E-state index in [-0.39, 0.29) is 17.4 Å².